The number of hydrogen-bond acceptors (Lipinski definition) is 4. The third-order valence-corrected chi connectivity index (χ3v) is 5.08. The predicted molar refractivity (Wildman–Crippen MR) is 93.7 cm³/mol. The lowest BCUT2D eigenvalue weighted by Crippen LogP contribution is -2.52. The highest BCUT2D eigenvalue weighted by molar-refractivity contribution is 5.68. The van der Waals surface area contributed by atoms with Crippen LogP contribution >= 0.6 is 0 Å². The highest BCUT2D eigenvalue weighted by Gasteiger charge is 2.31. The summed E-state index contributed by atoms with van der Waals surface area (Å²) >= 11 is 0. The second-order valence-corrected chi connectivity index (χ2v) is 8.76. The maximum absolute atomic E-state index is 12.2. The first-order valence-electron chi connectivity index (χ1n) is 9.07. The highest BCUT2D eigenvalue weighted by atomic mass is 16.6. The van der Waals surface area contributed by atoms with Gasteiger partial charge in [0, 0.05) is 25.7 Å². The van der Waals surface area contributed by atoms with Gasteiger partial charge < -0.3 is 19.9 Å². The fraction of sp³-hybridized carbons (Fsp3) is 0.944. The molecule has 2 aliphatic rings. The minimum atomic E-state index is -0.418. The molecule has 1 amide bonds. The zero-order chi connectivity index (χ0) is 17.1. The number of hydrogen-bond donors (Lipinski definition) is 1. The summed E-state index contributed by atoms with van der Waals surface area (Å²) in [6, 6.07) is 0.396. The molecule has 23 heavy (non-hydrogen) atoms. The van der Waals surface area contributed by atoms with E-state index in [9.17, 15) is 4.79 Å². The van der Waals surface area contributed by atoms with Crippen molar-refractivity contribution in [1.82, 2.24) is 15.1 Å². The summed E-state index contributed by atoms with van der Waals surface area (Å²) in [5, 5.41) is 3.73. The van der Waals surface area contributed by atoms with Gasteiger partial charge in [-0.3, -0.25) is 0 Å². The van der Waals surface area contributed by atoms with Gasteiger partial charge in [0.15, 0.2) is 0 Å². The van der Waals surface area contributed by atoms with Crippen LogP contribution in [0.15, 0.2) is 0 Å². The second kappa shape index (κ2) is 7.39. The van der Waals surface area contributed by atoms with Gasteiger partial charge in [-0.15, -0.1) is 0 Å². The number of rotatable bonds is 3. The number of ether oxygens (including phenoxy) is 1. The van der Waals surface area contributed by atoms with Crippen molar-refractivity contribution in [2.24, 2.45) is 5.41 Å². The lowest BCUT2D eigenvalue weighted by Gasteiger charge is -2.40. The van der Waals surface area contributed by atoms with E-state index in [4.69, 9.17) is 4.74 Å². The van der Waals surface area contributed by atoms with Crippen LogP contribution in [0.1, 0.15) is 53.4 Å². The molecule has 1 atom stereocenters. The molecule has 2 aliphatic heterocycles. The van der Waals surface area contributed by atoms with Crippen LogP contribution in [0, 0.1) is 5.41 Å². The average molecular weight is 325 g/mol. The van der Waals surface area contributed by atoms with Crippen molar-refractivity contribution >= 4 is 6.09 Å². The van der Waals surface area contributed by atoms with E-state index in [2.05, 4.69) is 24.2 Å². The Bertz CT molecular complexity index is 398. The van der Waals surface area contributed by atoms with Crippen LogP contribution in [-0.2, 0) is 4.74 Å². The normalized spacial score (nSPS) is 26.1. The summed E-state index contributed by atoms with van der Waals surface area (Å²) in [5.41, 5.74) is -0.0280. The fourth-order valence-electron chi connectivity index (χ4n) is 3.36. The van der Waals surface area contributed by atoms with Crippen molar-refractivity contribution < 1.29 is 9.53 Å². The van der Waals surface area contributed by atoms with Crippen LogP contribution in [0.3, 0.4) is 0 Å². The quantitative estimate of drug-likeness (QED) is 0.866. The van der Waals surface area contributed by atoms with Crippen molar-refractivity contribution in [2.45, 2.75) is 65.0 Å². The molecule has 0 aliphatic carbocycles. The monoisotopic (exact) mass is 325 g/mol. The Hall–Kier alpha value is -0.810. The van der Waals surface area contributed by atoms with Crippen molar-refractivity contribution in [3.63, 3.8) is 0 Å². The lowest BCUT2D eigenvalue weighted by molar-refractivity contribution is 0.0180. The first-order valence-corrected chi connectivity index (χ1v) is 9.07. The molecule has 2 rings (SSSR count). The molecule has 2 heterocycles. The van der Waals surface area contributed by atoms with Crippen LogP contribution in [0.4, 0.5) is 4.79 Å². The fourth-order valence-corrected chi connectivity index (χ4v) is 3.36. The Balaban J connectivity index is 1.79. The second-order valence-electron chi connectivity index (χ2n) is 8.76. The summed E-state index contributed by atoms with van der Waals surface area (Å²) in [6.07, 6.45) is 4.53. The zero-order valence-corrected chi connectivity index (χ0v) is 15.7. The maximum atomic E-state index is 12.2. The third-order valence-electron chi connectivity index (χ3n) is 5.08. The molecule has 0 aromatic carbocycles. The Morgan fingerprint density at radius 2 is 1.91 bits per heavy atom. The Morgan fingerprint density at radius 1 is 1.26 bits per heavy atom. The highest BCUT2D eigenvalue weighted by Crippen LogP contribution is 2.29. The van der Waals surface area contributed by atoms with E-state index in [1.807, 2.05) is 25.7 Å². The number of carbonyl (C=O) groups excluding carboxylic acids is 1. The van der Waals surface area contributed by atoms with Crippen LogP contribution in [0.5, 0.6) is 0 Å². The molecule has 0 radical (unpaired) electrons. The number of piperidine rings is 2. The van der Waals surface area contributed by atoms with Gasteiger partial charge in [0.25, 0.3) is 0 Å². The van der Waals surface area contributed by atoms with Crippen molar-refractivity contribution in [2.75, 3.05) is 39.8 Å². The minimum absolute atomic E-state index is 0.172. The van der Waals surface area contributed by atoms with Crippen LogP contribution < -0.4 is 5.32 Å². The van der Waals surface area contributed by atoms with E-state index in [0.717, 1.165) is 32.5 Å². The first kappa shape index (κ1) is 18.5. The molecular weight excluding hydrogens is 290 g/mol. The van der Waals surface area contributed by atoms with Gasteiger partial charge in [-0.05, 0) is 72.0 Å². The Labute approximate surface area is 141 Å². The zero-order valence-electron chi connectivity index (χ0n) is 15.7. The molecule has 0 aromatic rings. The number of nitrogens with one attached hydrogen (secondary N) is 1. The molecule has 134 valence electrons. The summed E-state index contributed by atoms with van der Waals surface area (Å²) in [6.45, 7) is 13.2. The largest absolute Gasteiger partial charge is 0.444 e. The molecule has 5 heteroatoms. The summed E-state index contributed by atoms with van der Waals surface area (Å²) in [7, 11) is 2.20. The molecule has 2 fully saturated rings. The van der Waals surface area contributed by atoms with Crippen molar-refractivity contribution in [3.8, 4) is 0 Å². The number of likely N-dealkylation sites (tertiary alicyclic amines) is 2. The number of carbonyl (C=O) groups is 1. The topological polar surface area (TPSA) is 44.8 Å². The first-order chi connectivity index (χ1) is 10.7. The molecule has 0 saturated carbocycles. The van der Waals surface area contributed by atoms with Crippen LogP contribution in [-0.4, -0.2) is 67.3 Å². The Morgan fingerprint density at radius 3 is 2.52 bits per heavy atom. The van der Waals surface area contributed by atoms with Gasteiger partial charge in [-0.25, -0.2) is 4.79 Å². The van der Waals surface area contributed by atoms with Gasteiger partial charge in [-0.1, -0.05) is 6.92 Å². The van der Waals surface area contributed by atoms with Gasteiger partial charge in [0.05, 0.1) is 0 Å². The third kappa shape index (κ3) is 5.96. The van der Waals surface area contributed by atoms with Gasteiger partial charge in [-0.2, -0.15) is 0 Å². The van der Waals surface area contributed by atoms with E-state index < -0.39 is 5.60 Å². The molecule has 1 unspecified atom stereocenters. The van der Waals surface area contributed by atoms with E-state index in [-0.39, 0.29) is 6.09 Å². The predicted octanol–water partition coefficient (Wildman–Crippen LogP) is 2.71. The summed E-state index contributed by atoms with van der Waals surface area (Å²) in [5.74, 6) is 0. The SMILES string of the molecule is CN1CCC(C)(CNC2CCCN(C(=O)OC(C)(C)C)C2)CC1. The molecule has 0 aromatic heterocycles. The molecule has 0 spiro atoms. The standard InChI is InChI=1S/C18H35N3O2/c1-17(2,3)23-16(22)21-10-6-7-15(13-21)19-14-18(4)8-11-20(5)12-9-18/h15,19H,6-14H2,1-5H3. The number of nitrogens with zero attached hydrogens (tertiary/aromatic N) is 2. The van der Waals surface area contributed by atoms with Crippen molar-refractivity contribution in [3.05, 3.63) is 0 Å². The molecule has 0 bridgehead atoms. The smallest absolute Gasteiger partial charge is 0.410 e. The van der Waals surface area contributed by atoms with Gasteiger partial charge in [0.1, 0.15) is 5.60 Å². The van der Waals surface area contributed by atoms with Crippen LogP contribution in [0.25, 0.3) is 0 Å². The summed E-state index contributed by atoms with van der Waals surface area (Å²) in [4.78, 5) is 16.5. The molecule has 2 saturated heterocycles. The lowest BCUT2D eigenvalue weighted by atomic mass is 9.80. The molecule has 5 nitrogen and oxygen atoms in total. The van der Waals surface area contributed by atoms with Gasteiger partial charge in [0.2, 0.25) is 0 Å². The molecule has 1 N–H and O–H groups in total. The van der Waals surface area contributed by atoms with Crippen LogP contribution in [0.2, 0.25) is 0 Å². The van der Waals surface area contributed by atoms with E-state index in [1.165, 1.54) is 25.9 Å². The summed E-state index contributed by atoms with van der Waals surface area (Å²) < 4.78 is 5.51. The van der Waals surface area contributed by atoms with E-state index in [1.54, 1.807) is 0 Å². The van der Waals surface area contributed by atoms with Gasteiger partial charge >= 0.3 is 6.09 Å². The van der Waals surface area contributed by atoms with Crippen molar-refractivity contribution in [1.29, 1.82) is 0 Å². The minimum Gasteiger partial charge on any atom is -0.444 e. The maximum Gasteiger partial charge on any atom is 0.410 e. The molecular formula is C18H35N3O2. The Kier molecular flexibility index (Phi) is 5.95. The van der Waals surface area contributed by atoms with E-state index in [0.29, 0.717) is 11.5 Å². The number of amides is 1. The average Bonchev–Trinajstić information content (AvgIpc) is 2.47. The van der Waals surface area contributed by atoms with E-state index >= 15 is 0 Å².